The Morgan fingerprint density at radius 3 is 3.06 bits per heavy atom. The van der Waals surface area contributed by atoms with E-state index in [0.29, 0.717) is 18.7 Å². The van der Waals surface area contributed by atoms with Gasteiger partial charge in [-0.15, -0.1) is 5.10 Å². The summed E-state index contributed by atoms with van der Waals surface area (Å²) in [6.45, 7) is 1.30. The number of unbranched alkanes of at least 4 members (excludes halogenated alkanes) is 1. The number of benzene rings is 1. The molecule has 3 N–H and O–H groups in total. The highest BCUT2D eigenvalue weighted by molar-refractivity contribution is 5.97. The number of hydrogen-bond donors (Lipinski definition) is 2. The third-order valence-corrected chi connectivity index (χ3v) is 2.79. The number of nitrogens with one attached hydrogen (secondary N) is 1. The first-order valence-electron chi connectivity index (χ1n) is 6.00. The van der Waals surface area contributed by atoms with E-state index in [1.807, 2.05) is 13.1 Å². The number of nitrogens with two attached hydrogens (primary N) is 1. The van der Waals surface area contributed by atoms with Gasteiger partial charge in [0, 0.05) is 19.2 Å². The van der Waals surface area contributed by atoms with Gasteiger partial charge in [0.15, 0.2) is 0 Å². The van der Waals surface area contributed by atoms with Gasteiger partial charge in [-0.05, 0) is 37.6 Å². The molecule has 0 unspecified atom stereocenters. The van der Waals surface area contributed by atoms with Crippen molar-refractivity contribution in [1.82, 2.24) is 20.3 Å². The van der Waals surface area contributed by atoms with E-state index in [-0.39, 0.29) is 5.91 Å². The first-order valence-corrected chi connectivity index (χ1v) is 6.00. The quantitative estimate of drug-likeness (QED) is 0.750. The molecule has 6 heteroatoms. The topological polar surface area (TPSA) is 85.8 Å². The Balaban J connectivity index is 2.04. The van der Waals surface area contributed by atoms with Crippen molar-refractivity contribution >= 4 is 16.9 Å². The maximum absolute atomic E-state index is 11.9. The SMILES string of the molecule is Cn1nnc2cc(C(=O)NCCCCN)ccc21. The van der Waals surface area contributed by atoms with E-state index >= 15 is 0 Å². The second kappa shape index (κ2) is 5.59. The van der Waals surface area contributed by atoms with E-state index < -0.39 is 0 Å². The smallest absolute Gasteiger partial charge is 0.251 e. The molecule has 96 valence electrons. The molecule has 18 heavy (non-hydrogen) atoms. The van der Waals surface area contributed by atoms with Crippen LogP contribution in [0.4, 0.5) is 0 Å². The molecule has 0 aliphatic carbocycles. The molecule has 1 aromatic carbocycles. The highest BCUT2D eigenvalue weighted by Gasteiger charge is 2.08. The Morgan fingerprint density at radius 2 is 2.28 bits per heavy atom. The molecular weight excluding hydrogens is 230 g/mol. The van der Waals surface area contributed by atoms with Crippen LogP contribution in [0.1, 0.15) is 23.2 Å². The average Bonchev–Trinajstić information content (AvgIpc) is 2.76. The second-order valence-corrected chi connectivity index (χ2v) is 4.17. The second-order valence-electron chi connectivity index (χ2n) is 4.17. The van der Waals surface area contributed by atoms with E-state index in [1.54, 1.807) is 16.8 Å². The van der Waals surface area contributed by atoms with Gasteiger partial charge in [0.05, 0.1) is 5.52 Å². The molecule has 0 saturated carbocycles. The third kappa shape index (κ3) is 2.65. The Morgan fingerprint density at radius 1 is 1.44 bits per heavy atom. The number of aryl methyl sites for hydroxylation is 1. The number of aromatic nitrogens is 3. The fourth-order valence-corrected chi connectivity index (χ4v) is 1.76. The van der Waals surface area contributed by atoms with Gasteiger partial charge in [-0.25, -0.2) is 4.68 Å². The van der Waals surface area contributed by atoms with Gasteiger partial charge in [-0.2, -0.15) is 0 Å². The molecule has 2 aromatic rings. The fourth-order valence-electron chi connectivity index (χ4n) is 1.76. The largest absolute Gasteiger partial charge is 0.352 e. The maximum atomic E-state index is 11.9. The minimum atomic E-state index is -0.0837. The number of hydrogen-bond acceptors (Lipinski definition) is 4. The van der Waals surface area contributed by atoms with Crippen molar-refractivity contribution in [2.24, 2.45) is 12.8 Å². The van der Waals surface area contributed by atoms with Crippen LogP contribution < -0.4 is 11.1 Å². The van der Waals surface area contributed by atoms with E-state index in [2.05, 4.69) is 15.6 Å². The molecule has 6 nitrogen and oxygen atoms in total. The minimum Gasteiger partial charge on any atom is -0.352 e. The molecule has 0 fully saturated rings. The number of nitrogens with zero attached hydrogens (tertiary/aromatic N) is 3. The lowest BCUT2D eigenvalue weighted by Gasteiger charge is -2.04. The molecular formula is C12H17N5O. The summed E-state index contributed by atoms with van der Waals surface area (Å²) in [4.78, 5) is 11.9. The Hall–Kier alpha value is -1.95. The Bertz CT molecular complexity index is 548. The van der Waals surface area contributed by atoms with Crippen molar-refractivity contribution < 1.29 is 4.79 Å². The van der Waals surface area contributed by atoms with Crippen LogP contribution >= 0.6 is 0 Å². The normalized spacial score (nSPS) is 10.8. The lowest BCUT2D eigenvalue weighted by molar-refractivity contribution is 0.0953. The third-order valence-electron chi connectivity index (χ3n) is 2.79. The zero-order chi connectivity index (χ0) is 13.0. The number of amides is 1. The van der Waals surface area contributed by atoms with E-state index in [0.717, 1.165) is 23.9 Å². The van der Waals surface area contributed by atoms with E-state index in [4.69, 9.17) is 5.73 Å². The lowest BCUT2D eigenvalue weighted by atomic mass is 10.2. The fraction of sp³-hybridized carbons (Fsp3) is 0.417. The number of carbonyl (C=O) groups excluding carboxylic acids is 1. The van der Waals surface area contributed by atoms with Crippen LogP contribution in [0.15, 0.2) is 18.2 Å². The summed E-state index contributed by atoms with van der Waals surface area (Å²) in [6, 6.07) is 5.38. The van der Waals surface area contributed by atoms with Crippen molar-refractivity contribution in [1.29, 1.82) is 0 Å². The first kappa shape index (κ1) is 12.5. The number of carbonyl (C=O) groups is 1. The van der Waals surface area contributed by atoms with Gasteiger partial charge < -0.3 is 11.1 Å². The van der Waals surface area contributed by atoms with Crippen LogP contribution in [-0.4, -0.2) is 34.0 Å². The van der Waals surface area contributed by atoms with Crippen LogP contribution in [0, 0.1) is 0 Å². The zero-order valence-electron chi connectivity index (χ0n) is 10.4. The Kier molecular flexibility index (Phi) is 3.88. The van der Waals surface area contributed by atoms with E-state index in [9.17, 15) is 4.79 Å². The van der Waals surface area contributed by atoms with Crippen LogP contribution in [0.5, 0.6) is 0 Å². The van der Waals surface area contributed by atoms with Crippen molar-refractivity contribution in [3.8, 4) is 0 Å². The molecule has 1 amide bonds. The molecule has 1 aromatic heterocycles. The van der Waals surface area contributed by atoms with Gasteiger partial charge in [0.25, 0.3) is 5.91 Å². The monoisotopic (exact) mass is 247 g/mol. The number of fused-ring (bicyclic) bond motifs is 1. The van der Waals surface area contributed by atoms with Crippen molar-refractivity contribution in [3.05, 3.63) is 23.8 Å². The molecule has 2 rings (SSSR count). The molecule has 0 spiro atoms. The molecule has 0 radical (unpaired) electrons. The first-order chi connectivity index (χ1) is 8.72. The zero-order valence-corrected chi connectivity index (χ0v) is 10.4. The van der Waals surface area contributed by atoms with Crippen molar-refractivity contribution in [2.45, 2.75) is 12.8 Å². The summed E-state index contributed by atoms with van der Waals surface area (Å²) in [5, 5.41) is 10.7. The van der Waals surface area contributed by atoms with Crippen molar-refractivity contribution in [2.75, 3.05) is 13.1 Å². The van der Waals surface area contributed by atoms with Crippen molar-refractivity contribution in [3.63, 3.8) is 0 Å². The summed E-state index contributed by atoms with van der Waals surface area (Å²) in [5.41, 5.74) is 7.64. The molecule has 0 atom stereocenters. The standard InChI is InChI=1S/C12H17N5O/c1-17-11-5-4-9(8-10(11)15-16-17)12(18)14-7-3-2-6-13/h4-5,8H,2-3,6-7,13H2,1H3,(H,14,18). The van der Waals surface area contributed by atoms with Gasteiger partial charge in [0.1, 0.15) is 5.52 Å². The highest BCUT2D eigenvalue weighted by Crippen LogP contribution is 2.12. The molecule has 0 aliphatic heterocycles. The van der Waals surface area contributed by atoms with Crippen LogP contribution in [0.2, 0.25) is 0 Å². The molecule has 0 bridgehead atoms. The summed E-state index contributed by atoms with van der Waals surface area (Å²) >= 11 is 0. The lowest BCUT2D eigenvalue weighted by Crippen LogP contribution is -2.24. The predicted molar refractivity (Wildman–Crippen MR) is 69.1 cm³/mol. The van der Waals surface area contributed by atoms with Gasteiger partial charge >= 0.3 is 0 Å². The Labute approximate surface area is 105 Å². The van der Waals surface area contributed by atoms with Gasteiger partial charge in [-0.3, -0.25) is 4.79 Å². The maximum Gasteiger partial charge on any atom is 0.251 e. The molecule has 1 heterocycles. The summed E-state index contributed by atoms with van der Waals surface area (Å²) in [6.07, 6.45) is 1.82. The average molecular weight is 247 g/mol. The summed E-state index contributed by atoms with van der Waals surface area (Å²) in [5.74, 6) is -0.0837. The molecule has 0 saturated heterocycles. The summed E-state index contributed by atoms with van der Waals surface area (Å²) < 4.78 is 1.68. The van der Waals surface area contributed by atoms with Gasteiger partial charge in [0.2, 0.25) is 0 Å². The van der Waals surface area contributed by atoms with Crippen LogP contribution in [0.25, 0.3) is 11.0 Å². The summed E-state index contributed by atoms with van der Waals surface area (Å²) in [7, 11) is 1.82. The van der Waals surface area contributed by atoms with Gasteiger partial charge in [-0.1, -0.05) is 5.21 Å². The highest BCUT2D eigenvalue weighted by atomic mass is 16.1. The number of rotatable bonds is 5. The van der Waals surface area contributed by atoms with Crippen LogP contribution in [0.3, 0.4) is 0 Å². The van der Waals surface area contributed by atoms with Crippen LogP contribution in [-0.2, 0) is 7.05 Å². The molecule has 0 aliphatic rings. The van der Waals surface area contributed by atoms with E-state index in [1.165, 1.54) is 0 Å². The minimum absolute atomic E-state index is 0.0837. The predicted octanol–water partition coefficient (Wildman–Crippen LogP) is 0.437.